The summed E-state index contributed by atoms with van der Waals surface area (Å²) >= 11 is 1.85. The maximum atomic E-state index is 4.94. The number of aromatic nitrogens is 1. The van der Waals surface area contributed by atoms with Gasteiger partial charge in [0.1, 0.15) is 0 Å². The van der Waals surface area contributed by atoms with Crippen molar-refractivity contribution in [3.63, 3.8) is 0 Å². The Morgan fingerprint density at radius 1 is 0.719 bits per heavy atom. The van der Waals surface area contributed by atoms with Gasteiger partial charge >= 0.3 is 0 Å². The minimum absolute atomic E-state index is 0.106. The SMILES string of the molecule is Cc1cc(-c2cc3sc(-c4ccccc4)c(-c4ccccc4)c3cn2)cc(C(C)(C)C)c1. The molecule has 0 saturated carbocycles. The minimum atomic E-state index is 0.106. The van der Waals surface area contributed by atoms with Crippen molar-refractivity contribution in [1.29, 1.82) is 0 Å². The summed E-state index contributed by atoms with van der Waals surface area (Å²) in [6.45, 7) is 8.96. The lowest BCUT2D eigenvalue weighted by Gasteiger charge is -2.20. The summed E-state index contributed by atoms with van der Waals surface area (Å²) in [7, 11) is 0. The van der Waals surface area contributed by atoms with Gasteiger partial charge in [0.05, 0.1) is 5.69 Å². The van der Waals surface area contributed by atoms with Crippen LogP contribution in [0.4, 0.5) is 0 Å². The van der Waals surface area contributed by atoms with Crippen molar-refractivity contribution < 1.29 is 0 Å². The zero-order valence-electron chi connectivity index (χ0n) is 19.0. The largest absolute Gasteiger partial charge is 0.256 e. The number of pyridine rings is 1. The quantitative estimate of drug-likeness (QED) is 0.277. The monoisotopic (exact) mass is 433 g/mol. The zero-order valence-corrected chi connectivity index (χ0v) is 19.8. The number of nitrogens with zero attached hydrogens (tertiary/aromatic N) is 1. The summed E-state index contributed by atoms with van der Waals surface area (Å²) < 4.78 is 1.27. The van der Waals surface area contributed by atoms with E-state index in [0.29, 0.717) is 0 Å². The highest BCUT2D eigenvalue weighted by atomic mass is 32.1. The fraction of sp³-hybridized carbons (Fsp3) is 0.167. The van der Waals surface area contributed by atoms with E-state index in [9.17, 15) is 0 Å². The van der Waals surface area contributed by atoms with Gasteiger partial charge in [0.2, 0.25) is 0 Å². The predicted molar refractivity (Wildman–Crippen MR) is 139 cm³/mol. The Morgan fingerprint density at radius 3 is 2.03 bits per heavy atom. The summed E-state index contributed by atoms with van der Waals surface area (Å²) in [5.74, 6) is 0. The van der Waals surface area contributed by atoms with Crippen LogP contribution in [-0.4, -0.2) is 4.98 Å². The molecule has 0 unspecified atom stereocenters. The van der Waals surface area contributed by atoms with Crippen LogP contribution < -0.4 is 0 Å². The number of fused-ring (bicyclic) bond motifs is 1. The Labute approximate surface area is 194 Å². The first-order valence-electron chi connectivity index (χ1n) is 11.1. The Kier molecular flexibility index (Phi) is 5.19. The molecule has 0 saturated heterocycles. The molecule has 3 aromatic carbocycles. The fourth-order valence-electron chi connectivity index (χ4n) is 4.20. The van der Waals surface area contributed by atoms with Gasteiger partial charge in [-0.1, -0.05) is 93.1 Å². The third-order valence-electron chi connectivity index (χ3n) is 5.91. The van der Waals surface area contributed by atoms with Crippen LogP contribution >= 0.6 is 11.3 Å². The first kappa shape index (κ1) is 20.7. The highest BCUT2D eigenvalue weighted by Gasteiger charge is 2.18. The van der Waals surface area contributed by atoms with Crippen molar-refractivity contribution in [1.82, 2.24) is 4.98 Å². The van der Waals surface area contributed by atoms with Gasteiger partial charge in [-0.15, -0.1) is 11.3 Å². The van der Waals surface area contributed by atoms with E-state index in [1.54, 1.807) is 0 Å². The lowest BCUT2D eigenvalue weighted by Crippen LogP contribution is -2.11. The Bertz CT molecular complexity index is 1390. The summed E-state index contributed by atoms with van der Waals surface area (Å²) in [5, 5.41) is 1.22. The van der Waals surface area contributed by atoms with E-state index in [1.165, 1.54) is 48.3 Å². The van der Waals surface area contributed by atoms with Gasteiger partial charge in [0.25, 0.3) is 0 Å². The van der Waals surface area contributed by atoms with Crippen LogP contribution in [0.1, 0.15) is 31.9 Å². The molecule has 2 heterocycles. The van der Waals surface area contributed by atoms with Crippen LogP contribution in [0.2, 0.25) is 0 Å². The lowest BCUT2D eigenvalue weighted by atomic mass is 9.85. The van der Waals surface area contributed by atoms with E-state index >= 15 is 0 Å². The molecule has 2 heteroatoms. The van der Waals surface area contributed by atoms with Gasteiger partial charge in [-0.25, -0.2) is 0 Å². The summed E-state index contributed by atoms with van der Waals surface area (Å²) in [6, 6.07) is 30.4. The van der Waals surface area contributed by atoms with Crippen molar-refractivity contribution in [2.24, 2.45) is 0 Å². The van der Waals surface area contributed by atoms with Crippen molar-refractivity contribution >= 4 is 21.4 Å². The number of hydrogen-bond donors (Lipinski definition) is 0. The van der Waals surface area contributed by atoms with Crippen molar-refractivity contribution in [2.45, 2.75) is 33.1 Å². The molecule has 1 nitrogen and oxygen atoms in total. The molecule has 0 bridgehead atoms. The van der Waals surface area contributed by atoms with Gasteiger partial charge in [-0.3, -0.25) is 4.98 Å². The number of benzene rings is 3. The molecule has 2 aromatic heterocycles. The second kappa shape index (κ2) is 8.03. The summed E-state index contributed by atoms with van der Waals surface area (Å²) in [5.41, 5.74) is 8.70. The van der Waals surface area contributed by atoms with Crippen LogP contribution in [0.3, 0.4) is 0 Å². The van der Waals surface area contributed by atoms with Crippen molar-refractivity contribution in [3.8, 4) is 32.8 Å². The Hall–Kier alpha value is -3.23. The lowest BCUT2D eigenvalue weighted by molar-refractivity contribution is 0.590. The fourth-order valence-corrected chi connectivity index (χ4v) is 5.44. The van der Waals surface area contributed by atoms with Gasteiger partial charge in [-0.2, -0.15) is 0 Å². The first-order valence-corrected chi connectivity index (χ1v) is 11.9. The van der Waals surface area contributed by atoms with E-state index in [2.05, 4.69) is 119 Å². The molecule has 5 aromatic rings. The standard InChI is InChI=1S/C30H27NS/c1-20-15-23(17-24(16-20)30(2,3)4)26-18-27-25(19-31-26)28(21-11-7-5-8-12-21)29(32-27)22-13-9-6-10-14-22/h5-19H,1-4H3. The van der Waals surface area contributed by atoms with Crippen LogP contribution in [0, 0.1) is 6.92 Å². The molecule has 0 N–H and O–H groups in total. The maximum Gasteiger partial charge on any atom is 0.0716 e. The zero-order chi connectivity index (χ0) is 22.3. The molecule has 0 fully saturated rings. The van der Waals surface area contributed by atoms with E-state index in [4.69, 9.17) is 4.98 Å². The van der Waals surface area contributed by atoms with Crippen LogP contribution in [-0.2, 0) is 5.41 Å². The second-order valence-electron chi connectivity index (χ2n) is 9.44. The average molecular weight is 434 g/mol. The van der Waals surface area contributed by atoms with Gasteiger partial charge < -0.3 is 0 Å². The molecular formula is C30H27NS. The maximum absolute atomic E-state index is 4.94. The average Bonchev–Trinajstić information content (AvgIpc) is 3.18. The van der Waals surface area contributed by atoms with Crippen LogP contribution in [0.25, 0.3) is 42.9 Å². The van der Waals surface area contributed by atoms with E-state index in [0.717, 1.165) is 5.69 Å². The topological polar surface area (TPSA) is 12.9 Å². The molecule has 0 amide bonds. The molecule has 0 atom stereocenters. The normalized spacial score (nSPS) is 11.8. The molecule has 0 aliphatic carbocycles. The summed E-state index contributed by atoms with van der Waals surface area (Å²) in [6.07, 6.45) is 2.06. The number of aryl methyl sites for hydroxylation is 1. The molecule has 0 aliphatic heterocycles. The third kappa shape index (κ3) is 3.87. The highest BCUT2D eigenvalue weighted by molar-refractivity contribution is 7.23. The molecular weight excluding hydrogens is 406 g/mol. The van der Waals surface area contributed by atoms with Crippen molar-refractivity contribution in [3.05, 3.63) is 102 Å². The first-order chi connectivity index (χ1) is 15.4. The Balaban J connectivity index is 1.72. The number of hydrogen-bond acceptors (Lipinski definition) is 2. The molecule has 0 spiro atoms. The predicted octanol–water partition coefficient (Wildman–Crippen LogP) is 8.90. The number of rotatable bonds is 3. The molecule has 0 aliphatic rings. The molecule has 158 valence electrons. The van der Waals surface area contributed by atoms with E-state index in [1.807, 2.05) is 11.3 Å². The van der Waals surface area contributed by atoms with Crippen molar-refractivity contribution in [2.75, 3.05) is 0 Å². The van der Waals surface area contributed by atoms with Crippen LogP contribution in [0.5, 0.6) is 0 Å². The van der Waals surface area contributed by atoms with E-state index < -0.39 is 0 Å². The molecule has 0 radical (unpaired) electrons. The van der Waals surface area contributed by atoms with Gasteiger partial charge in [0, 0.05) is 32.3 Å². The Morgan fingerprint density at radius 2 is 1.38 bits per heavy atom. The third-order valence-corrected chi connectivity index (χ3v) is 7.11. The number of thiophene rings is 1. The van der Waals surface area contributed by atoms with E-state index in [-0.39, 0.29) is 5.41 Å². The van der Waals surface area contributed by atoms with Gasteiger partial charge in [-0.05, 0) is 47.2 Å². The summed E-state index contributed by atoms with van der Waals surface area (Å²) in [4.78, 5) is 6.24. The molecule has 5 rings (SSSR count). The second-order valence-corrected chi connectivity index (χ2v) is 10.5. The minimum Gasteiger partial charge on any atom is -0.256 e. The van der Waals surface area contributed by atoms with Crippen LogP contribution in [0.15, 0.2) is 91.1 Å². The van der Waals surface area contributed by atoms with Gasteiger partial charge in [0.15, 0.2) is 0 Å². The highest BCUT2D eigenvalue weighted by Crippen LogP contribution is 2.45. The molecule has 32 heavy (non-hydrogen) atoms. The smallest absolute Gasteiger partial charge is 0.0716 e.